The molecule has 0 radical (unpaired) electrons. The van der Waals surface area contributed by atoms with Crippen molar-refractivity contribution in [1.29, 1.82) is 0 Å². The van der Waals surface area contributed by atoms with Crippen molar-refractivity contribution in [3.8, 4) is 0 Å². The van der Waals surface area contributed by atoms with Gasteiger partial charge in [-0.15, -0.1) is 0 Å². The molecule has 8 heteroatoms. The Morgan fingerprint density at radius 1 is 0.595 bits per heavy atom. The normalized spacial score (nSPS) is 59.8. The lowest BCUT2D eigenvalue weighted by Gasteiger charge is -2.61. The molecule has 4 bridgehead atoms. The van der Waals surface area contributed by atoms with Crippen LogP contribution in [0.15, 0.2) is 12.2 Å². The second-order valence-corrected chi connectivity index (χ2v) is 16.0. The molecule has 7 unspecified atom stereocenters. The van der Waals surface area contributed by atoms with Gasteiger partial charge in [-0.05, 0) is 101 Å². The third-order valence-corrected chi connectivity index (χ3v) is 13.6. The fraction of sp³-hybridized carbons (Fsp3) is 0.941. The minimum atomic E-state index is -0.753. The van der Waals surface area contributed by atoms with Gasteiger partial charge in [0.05, 0.1) is 12.2 Å². The zero-order chi connectivity index (χ0) is 29.2. The smallest absolute Gasteiger partial charge is 0.201 e. The van der Waals surface area contributed by atoms with Gasteiger partial charge >= 0.3 is 0 Å². The second-order valence-electron chi connectivity index (χ2n) is 16.0. The third-order valence-electron chi connectivity index (χ3n) is 13.6. The highest BCUT2D eigenvalue weighted by Gasteiger charge is 2.71. The summed E-state index contributed by atoms with van der Waals surface area (Å²) in [6, 6.07) is 0. The Morgan fingerprint density at radius 2 is 1.02 bits per heavy atom. The van der Waals surface area contributed by atoms with E-state index >= 15 is 0 Å². The number of hydrogen-bond acceptors (Lipinski definition) is 8. The summed E-state index contributed by atoms with van der Waals surface area (Å²) in [4.78, 5) is 24.7. The van der Waals surface area contributed by atoms with E-state index in [0.717, 1.165) is 51.4 Å². The second kappa shape index (κ2) is 9.71. The molecule has 16 atom stereocenters. The van der Waals surface area contributed by atoms with Gasteiger partial charge in [0.25, 0.3) is 0 Å². The first-order valence-electron chi connectivity index (χ1n) is 17.0. The first kappa shape index (κ1) is 28.9. The molecule has 0 aromatic heterocycles. The molecule has 236 valence electrons. The van der Waals surface area contributed by atoms with Crippen LogP contribution in [0, 0.1) is 47.3 Å². The quantitative estimate of drug-likeness (QED) is 0.262. The number of ether oxygens (including phenoxy) is 4. The molecular formula is C34H52O8. The molecule has 0 aromatic rings. The van der Waals surface area contributed by atoms with Gasteiger partial charge in [0.15, 0.2) is 23.8 Å². The Balaban J connectivity index is 1.01. The Morgan fingerprint density at radius 3 is 1.45 bits per heavy atom. The van der Waals surface area contributed by atoms with Gasteiger partial charge in [0, 0.05) is 24.7 Å². The summed E-state index contributed by atoms with van der Waals surface area (Å²) in [5, 5.41) is 0. The lowest BCUT2D eigenvalue weighted by Crippen LogP contribution is -2.70. The van der Waals surface area contributed by atoms with Crippen LogP contribution < -0.4 is 0 Å². The molecule has 2 spiro atoms. The molecule has 10 rings (SSSR count). The Hall–Kier alpha value is -0.580. The summed E-state index contributed by atoms with van der Waals surface area (Å²) in [7, 11) is 0. The van der Waals surface area contributed by atoms with Gasteiger partial charge in [-0.3, -0.25) is 0 Å². The van der Waals surface area contributed by atoms with Crippen molar-refractivity contribution in [3.05, 3.63) is 12.2 Å². The van der Waals surface area contributed by atoms with Crippen LogP contribution >= 0.6 is 0 Å². The Kier molecular flexibility index (Phi) is 6.67. The van der Waals surface area contributed by atoms with E-state index in [2.05, 4.69) is 34.3 Å². The molecule has 8 nitrogen and oxygen atoms in total. The molecule has 0 N–H and O–H groups in total. The SMILES string of the molecule is C=C(CC1OC2O[C@]3(C)CCC4[C@H](C)CC[C@@H]([C@H]1C)C24OO3)CC1OC2O[C@]3(C)CC[C@H]4[C@H](C)CC[C@@H]([C@H]1C)C24OO3. The summed E-state index contributed by atoms with van der Waals surface area (Å²) >= 11 is 0. The summed E-state index contributed by atoms with van der Waals surface area (Å²) in [5.74, 6) is 1.66. The Bertz CT molecular complexity index is 1020. The maximum absolute atomic E-state index is 6.89. The van der Waals surface area contributed by atoms with Gasteiger partial charge in [0.1, 0.15) is 0 Å². The molecule has 8 heterocycles. The van der Waals surface area contributed by atoms with E-state index in [1.807, 2.05) is 13.8 Å². The third kappa shape index (κ3) is 3.95. The van der Waals surface area contributed by atoms with Gasteiger partial charge in [0.2, 0.25) is 11.6 Å². The average Bonchev–Trinajstić information content (AvgIpc) is 3.32. The fourth-order valence-corrected chi connectivity index (χ4v) is 11.1. The van der Waals surface area contributed by atoms with Crippen molar-refractivity contribution < 1.29 is 38.5 Å². The van der Waals surface area contributed by atoms with E-state index < -0.39 is 35.4 Å². The molecule has 10 fully saturated rings. The van der Waals surface area contributed by atoms with Crippen LogP contribution in [0.2, 0.25) is 0 Å². The van der Waals surface area contributed by atoms with E-state index in [-0.39, 0.29) is 12.2 Å². The summed E-state index contributed by atoms with van der Waals surface area (Å²) in [5.41, 5.74) is 0.119. The molecule has 42 heavy (non-hydrogen) atoms. The van der Waals surface area contributed by atoms with E-state index in [0.29, 0.717) is 47.3 Å². The molecule has 0 amide bonds. The molecule has 2 aliphatic carbocycles. The van der Waals surface area contributed by atoms with Crippen LogP contribution in [0.3, 0.4) is 0 Å². The minimum absolute atomic E-state index is 0.0182. The van der Waals surface area contributed by atoms with Gasteiger partial charge < -0.3 is 18.9 Å². The van der Waals surface area contributed by atoms with Gasteiger partial charge in [-0.25, -0.2) is 19.6 Å². The van der Waals surface area contributed by atoms with Crippen molar-refractivity contribution in [1.82, 2.24) is 0 Å². The summed E-state index contributed by atoms with van der Waals surface area (Å²) in [6.07, 6.45) is 9.19. The maximum Gasteiger partial charge on any atom is 0.201 e. The van der Waals surface area contributed by atoms with Crippen LogP contribution in [0.1, 0.15) is 106 Å². The summed E-state index contributed by atoms with van der Waals surface area (Å²) < 4.78 is 27.0. The average molecular weight is 589 g/mol. The number of fused-ring (bicyclic) bond motifs is 4. The zero-order valence-electron chi connectivity index (χ0n) is 26.5. The van der Waals surface area contributed by atoms with Crippen LogP contribution in [0.4, 0.5) is 0 Å². The molecule has 0 aromatic carbocycles. The van der Waals surface area contributed by atoms with Gasteiger partial charge in [-0.2, -0.15) is 0 Å². The van der Waals surface area contributed by atoms with Crippen LogP contribution in [-0.4, -0.2) is 47.6 Å². The topological polar surface area (TPSA) is 73.8 Å². The van der Waals surface area contributed by atoms with Crippen molar-refractivity contribution in [3.63, 3.8) is 0 Å². The van der Waals surface area contributed by atoms with Crippen molar-refractivity contribution in [2.75, 3.05) is 0 Å². The lowest BCUT2D eigenvalue weighted by molar-refractivity contribution is -0.571. The van der Waals surface area contributed by atoms with E-state index in [1.165, 1.54) is 18.4 Å². The molecular weight excluding hydrogens is 536 g/mol. The largest absolute Gasteiger partial charge is 0.346 e. The zero-order valence-corrected chi connectivity index (χ0v) is 26.5. The standard InChI is InChI=1S/C34H52O8/c1-18(16-27-21(4)25-10-8-19(2)23-12-14-31(6)37-29(35-27)33(23,25)41-39-31)17-28-22(5)26-11-9-20(3)24-13-15-32(7)38-30(36-28)34(24,26)42-40-32/h19-30H,1,8-17H2,2-7H3/t19-,20-,21-,22-,23+,24?,25+,26+,27?,28?,29?,30?,31+,32+,33?,34?/m1/s1. The monoisotopic (exact) mass is 588 g/mol. The molecule has 10 aliphatic rings. The van der Waals surface area contributed by atoms with E-state index in [9.17, 15) is 0 Å². The Labute approximate surface area is 251 Å². The first-order chi connectivity index (χ1) is 20.0. The van der Waals surface area contributed by atoms with Crippen molar-refractivity contribution >= 4 is 0 Å². The first-order valence-corrected chi connectivity index (χ1v) is 17.0. The van der Waals surface area contributed by atoms with Crippen LogP contribution in [0.25, 0.3) is 0 Å². The van der Waals surface area contributed by atoms with Crippen LogP contribution in [0.5, 0.6) is 0 Å². The maximum atomic E-state index is 6.89. The molecule has 8 aliphatic heterocycles. The van der Waals surface area contributed by atoms with Crippen molar-refractivity contribution in [2.45, 2.75) is 153 Å². The predicted molar refractivity (Wildman–Crippen MR) is 152 cm³/mol. The highest BCUT2D eigenvalue weighted by molar-refractivity contribution is 5.14. The lowest BCUT2D eigenvalue weighted by atomic mass is 9.57. The summed E-state index contributed by atoms with van der Waals surface area (Å²) in [6.45, 7) is 18.0. The van der Waals surface area contributed by atoms with Crippen LogP contribution in [-0.2, 0) is 38.5 Å². The van der Waals surface area contributed by atoms with E-state index in [4.69, 9.17) is 38.5 Å². The molecule has 8 saturated heterocycles. The van der Waals surface area contributed by atoms with E-state index in [1.54, 1.807) is 0 Å². The highest BCUT2D eigenvalue weighted by Crippen LogP contribution is 2.63. The number of hydrogen-bond donors (Lipinski definition) is 0. The highest BCUT2D eigenvalue weighted by atomic mass is 17.3. The van der Waals surface area contributed by atoms with Gasteiger partial charge in [-0.1, -0.05) is 39.8 Å². The fourth-order valence-electron chi connectivity index (χ4n) is 11.1. The van der Waals surface area contributed by atoms with Crippen molar-refractivity contribution in [2.24, 2.45) is 47.3 Å². The number of rotatable bonds is 4. The predicted octanol–water partition coefficient (Wildman–Crippen LogP) is 6.82. The molecule has 2 saturated carbocycles. The minimum Gasteiger partial charge on any atom is -0.346 e.